The summed E-state index contributed by atoms with van der Waals surface area (Å²) in [7, 11) is 0. The van der Waals surface area contributed by atoms with Gasteiger partial charge in [-0.3, -0.25) is 10.1 Å². The molecule has 0 aromatic rings. The van der Waals surface area contributed by atoms with Gasteiger partial charge in [0.25, 0.3) is 0 Å². The topological polar surface area (TPSA) is 32.3 Å². The van der Waals surface area contributed by atoms with E-state index in [1.807, 2.05) is 0 Å². The fourth-order valence-corrected chi connectivity index (χ4v) is 3.93. The Hall–Kier alpha value is -0.570. The largest absolute Gasteiger partial charge is 0.323 e. The number of amides is 1. The second-order valence-corrected chi connectivity index (χ2v) is 6.46. The van der Waals surface area contributed by atoms with Crippen LogP contribution in [0.15, 0.2) is 0 Å². The third kappa shape index (κ3) is 1.87. The highest BCUT2D eigenvalue weighted by molar-refractivity contribution is 5.92. The van der Waals surface area contributed by atoms with E-state index in [9.17, 15) is 4.79 Å². The summed E-state index contributed by atoms with van der Waals surface area (Å²) in [5.74, 6) is 1.25. The SMILES string of the molecule is CCC1CCCC(N2C(=O)C3(CC3)NC2CC)C1. The van der Waals surface area contributed by atoms with Crippen LogP contribution in [0.25, 0.3) is 0 Å². The molecule has 2 saturated carbocycles. The zero-order chi connectivity index (χ0) is 12.8. The third-order valence-corrected chi connectivity index (χ3v) is 5.29. The van der Waals surface area contributed by atoms with Gasteiger partial charge in [0.05, 0.1) is 11.7 Å². The monoisotopic (exact) mass is 250 g/mol. The van der Waals surface area contributed by atoms with E-state index in [1.54, 1.807) is 0 Å². The second kappa shape index (κ2) is 4.52. The highest BCUT2D eigenvalue weighted by atomic mass is 16.2. The molecule has 0 aromatic carbocycles. The molecule has 1 heterocycles. The highest BCUT2D eigenvalue weighted by Crippen LogP contribution is 2.45. The van der Waals surface area contributed by atoms with Crippen LogP contribution in [-0.2, 0) is 4.79 Å². The number of carbonyl (C=O) groups is 1. The van der Waals surface area contributed by atoms with Crippen molar-refractivity contribution in [3.63, 3.8) is 0 Å². The van der Waals surface area contributed by atoms with Crippen LogP contribution in [0.2, 0.25) is 0 Å². The molecule has 0 aromatic heterocycles. The molecule has 3 fully saturated rings. The van der Waals surface area contributed by atoms with Crippen LogP contribution < -0.4 is 5.32 Å². The Labute approximate surface area is 110 Å². The molecule has 1 aliphatic heterocycles. The van der Waals surface area contributed by atoms with E-state index in [4.69, 9.17) is 0 Å². The Kier molecular flexibility index (Phi) is 3.13. The first-order valence-corrected chi connectivity index (χ1v) is 7.80. The van der Waals surface area contributed by atoms with Crippen molar-refractivity contribution in [3.8, 4) is 0 Å². The van der Waals surface area contributed by atoms with Gasteiger partial charge in [-0.2, -0.15) is 0 Å². The van der Waals surface area contributed by atoms with Crippen molar-refractivity contribution in [2.24, 2.45) is 5.92 Å². The second-order valence-electron chi connectivity index (χ2n) is 6.46. The molecule has 3 atom stereocenters. The summed E-state index contributed by atoms with van der Waals surface area (Å²) in [6.45, 7) is 4.48. The van der Waals surface area contributed by atoms with E-state index < -0.39 is 0 Å². The number of rotatable bonds is 3. The molecule has 3 heteroatoms. The molecule has 1 amide bonds. The van der Waals surface area contributed by atoms with Gasteiger partial charge in [-0.05, 0) is 38.0 Å². The summed E-state index contributed by atoms with van der Waals surface area (Å²) in [4.78, 5) is 14.8. The zero-order valence-electron chi connectivity index (χ0n) is 11.7. The van der Waals surface area contributed by atoms with Gasteiger partial charge >= 0.3 is 0 Å². The van der Waals surface area contributed by atoms with Gasteiger partial charge in [-0.25, -0.2) is 0 Å². The molecule has 1 N–H and O–H groups in total. The van der Waals surface area contributed by atoms with Crippen molar-refractivity contribution in [2.45, 2.75) is 83.0 Å². The molecule has 3 unspecified atom stereocenters. The average Bonchev–Trinajstić information content (AvgIpc) is 3.12. The lowest BCUT2D eigenvalue weighted by molar-refractivity contribution is -0.134. The summed E-state index contributed by atoms with van der Waals surface area (Å²) in [5, 5.41) is 3.60. The molecule has 102 valence electrons. The van der Waals surface area contributed by atoms with E-state index in [1.165, 1.54) is 32.1 Å². The molecule has 2 aliphatic carbocycles. The standard InChI is InChI=1S/C15H26N2O/c1-3-11-6-5-7-12(10-11)17-13(4-2)16-15(8-9-15)14(17)18/h11-13,16H,3-10H2,1-2H3. The Balaban J connectivity index is 1.75. The molecule has 0 bridgehead atoms. The maximum atomic E-state index is 12.6. The predicted octanol–water partition coefficient (Wildman–Crippen LogP) is 2.66. The molecular formula is C15H26N2O. The normalized spacial score (nSPS) is 38.4. The maximum absolute atomic E-state index is 12.6. The Bertz CT molecular complexity index is 337. The smallest absolute Gasteiger partial charge is 0.244 e. The zero-order valence-corrected chi connectivity index (χ0v) is 11.7. The lowest BCUT2D eigenvalue weighted by Gasteiger charge is -2.37. The first-order valence-electron chi connectivity index (χ1n) is 7.80. The van der Waals surface area contributed by atoms with Gasteiger partial charge in [0, 0.05) is 6.04 Å². The van der Waals surface area contributed by atoms with Crippen LogP contribution in [0.1, 0.15) is 65.2 Å². The van der Waals surface area contributed by atoms with Crippen LogP contribution in [0.3, 0.4) is 0 Å². The summed E-state index contributed by atoms with van der Waals surface area (Å²) in [5.41, 5.74) is -0.125. The molecule has 1 spiro atoms. The van der Waals surface area contributed by atoms with Crippen molar-refractivity contribution in [2.75, 3.05) is 0 Å². The van der Waals surface area contributed by atoms with Crippen molar-refractivity contribution in [1.29, 1.82) is 0 Å². The van der Waals surface area contributed by atoms with Crippen LogP contribution in [-0.4, -0.2) is 28.6 Å². The van der Waals surface area contributed by atoms with Crippen LogP contribution in [0, 0.1) is 5.92 Å². The fraction of sp³-hybridized carbons (Fsp3) is 0.933. The number of nitrogens with one attached hydrogen (secondary N) is 1. The molecule has 3 aliphatic rings. The van der Waals surface area contributed by atoms with Crippen LogP contribution >= 0.6 is 0 Å². The van der Waals surface area contributed by atoms with E-state index >= 15 is 0 Å². The fourth-order valence-electron chi connectivity index (χ4n) is 3.93. The molecule has 0 radical (unpaired) electrons. The van der Waals surface area contributed by atoms with E-state index in [0.29, 0.717) is 18.1 Å². The minimum atomic E-state index is -0.125. The Morgan fingerprint density at radius 3 is 2.67 bits per heavy atom. The molecule has 1 saturated heterocycles. The van der Waals surface area contributed by atoms with Crippen LogP contribution in [0.4, 0.5) is 0 Å². The van der Waals surface area contributed by atoms with Gasteiger partial charge in [-0.1, -0.05) is 33.1 Å². The predicted molar refractivity (Wildman–Crippen MR) is 72.1 cm³/mol. The molecule has 3 nitrogen and oxygen atoms in total. The van der Waals surface area contributed by atoms with Gasteiger partial charge in [-0.15, -0.1) is 0 Å². The third-order valence-electron chi connectivity index (χ3n) is 5.29. The lowest BCUT2D eigenvalue weighted by Crippen LogP contribution is -2.46. The lowest BCUT2D eigenvalue weighted by atomic mass is 9.83. The minimum absolute atomic E-state index is 0.125. The minimum Gasteiger partial charge on any atom is -0.323 e. The van der Waals surface area contributed by atoms with Gasteiger partial charge in [0.2, 0.25) is 5.91 Å². The summed E-state index contributed by atoms with van der Waals surface area (Å²) in [6.07, 6.45) is 9.86. The summed E-state index contributed by atoms with van der Waals surface area (Å²) < 4.78 is 0. The van der Waals surface area contributed by atoms with Crippen molar-refractivity contribution in [1.82, 2.24) is 10.2 Å². The Morgan fingerprint density at radius 2 is 2.06 bits per heavy atom. The average molecular weight is 250 g/mol. The molecule has 18 heavy (non-hydrogen) atoms. The molecule has 3 rings (SSSR count). The van der Waals surface area contributed by atoms with Crippen molar-refractivity contribution < 1.29 is 4.79 Å². The quantitative estimate of drug-likeness (QED) is 0.835. The number of hydrogen-bond donors (Lipinski definition) is 1. The van der Waals surface area contributed by atoms with Gasteiger partial charge in [0.1, 0.15) is 0 Å². The summed E-state index contributed by atoms with van der Waals surface area (Å²) in [6, 6.07) is 0.508. The van der Waals surface area contributed by atoms with E-state index in [-0.39, 0.29) is 5.54 Å². The van der Waals surface area contributed by atoms with Gasteiger partial charge in [0.15, 0.2) is 0 Å². The van der Waals surface area contributed by atoms with E-state index in [0.717, 1.165) is 25.2 Å². The van der Waals surface area contributed by atoms with E-state index in [2.05, 4.69) is 24.1 Å². The highest BCUT2D eigenvalue weighted by Gasteiger charge is 2.59. The number of nitrogens with zero attached hydrogens (tertiary/aromatic N) is 1. The van der Waals surface area contributed by atoms with Crippen molar-refractivity contribution >= 4 is 5.91 Å². The van der Waals surface area contributed by atoms with Crippen molar-refractivity contribution in [3.05, 3.63) is 0 Å². The Morgan fingerprint density at radius 1 is 1.28 bits per heavy atom. The van der Waals surface area contributed by atoms with Crippen LogP contribution in [0.5, 0.6) is 0 Å². The summed E-state index contributed by atoms with van der Waals surface area (Å²) >= 11 is 0. The number of carbonyl (C=O) groups excluding carboxylic acids is 1. The first kappa shape index (κ1) is 12.5. The van der Waals surface area contributed by atoms with Gasteiger partial charge < -0.3 is 4.90 Å². The maximum Gasteiger partial charge on any atom is 0.244 e. The first-order chi connectivity index (χ1) is 8.70. The number of hydrogen-bond acceptors (Lipinski definition) is 2. The molecular weight excluding hydrogens is 224 g/mol.